The highest BCUT2D eigenvalue weighted by atomic mass is 32.2. The Balaban J connectivity index is 1.75. The number of rotatable bonds is 5. The van der Waals surface area contributed by atoms with Gasteiger partial charge in [-0.05, 0) is 24.3 Å². The van der Waals surface area contributed by atoms with Crippen LogP contribution in [0.4, 0.5) is 0 Å². The van der Waals surface area contributed by atoms with Crippen molar-refractivity contribution in [1.82, 2.24) is 10.2 Å². The summed E-state index contributed by atoms with van der Waals surface area (Å²) in [6.07, 6.45) is 2.39. The Labute approximate surface area is 131 Å². The molecule has 1 aromatic carbocycles. The largest absolute Gasteiger partial charge is 0.354 e. The second-order valence-electron chi connectivity index (χ2n) is 6.19. The molecule has 0 aromatic heterocycles. The van der Waals surface area contributed by atoms with Gasteiger partial charge in [0.25, 0.3) is 0 Å². The zero-order chi connectivity index (χ0) is 15.6. The van der Waals surface area contributed by atoms with Crippen molar-refractivity contribution in [2.45, 2.75) is 18.9 Å². The molecule has 1 unspecified atom stereocenters. The lowest BCUT2D eigenvalue weighted by atomic mass is 10.0. The molecule has 1 aliphatic heterocycles. The molecule has 0 bridgehead atoms. The molecule has 1 aliphatic carbocycles. The second kappa shape index (κ2) is 6.38. The van der Waals surface area contributed by atoms with Crippen LogP contribution in [0.1, 0.15) is 24.4 Å². The van der Waals surface area contributed by atoms with Crippen LogP contribution in [0.25, 0.3) is 0 Å². The van der Waals surface area contributed by atoms with Crippen LogP contribution in [0.3, 0.4) is 0 Å². The van der Waals surface area contributed by atoms with Crippen LogP contribution in [-0.2, 0) is 14.6 Å². The summed E-state index contributed by atoms with van der Waals surface area (Å²) in [4.78, 5) is 14.6. The number of amides is 1. The summed E-state index contributed by atoms with van der Waals surface area (Å²) in [5.74, 6) is 0.873. The number of nitrogens with zero attached hydrogens (tertiary/aromatic N) is 1. The van der Waals surface area contributed by atoms with Crippen LogP contribution in [-0.4, -0.2) is 50.4 Å². The molecular formula is C16H22N2O3S. The fourth-order valence-corrected chi connectivity index (χ4v) is 4.04. The Morgan fingerprint density at radius 1 is 1.18 bits per heavy atom. The van der Waals surface area contributed by atoms with E-state index in [9.17, 15) is 13.2 Å². The van der Waals surface area contributed by atoms with Crippen molar-refractivity contribution in [2.24, 2.45) is 5.92 Å². The normalized spacial score (nSPS) is 22.9. The predicted molar refractivity (Wildman–Crippen MR) is 85.1 cm³/mol. The lowest BCUT2D eigenvalue weighted by Crippen LogP contribution is -2.47. The molecule has 0 radical (unpaired) electrons. The van der Waals surface area contributed by atoms with Crippen LogP contribution in [0.5, 0.6) is 0 Å². The first-order valence-corrected chi connectivity index (χ1v) is 9.64. The molecular weight excluding hydrogens is 300 g/mol. The lowest BCUT2D eigenvalue weighted by molar-refractivity contribution is -0.126. The minimum atomic E-state index is -2.95. The molecule has 3 rings (SSSR count). The van der Waals surface area contributed by atoms with Gasteiger partial charge in [0.05, 0.1) is 11.5 Å². The number of nitrogens with one attached hydrogen (secondary N) is 1. The van der Waals surface area contributed by atoms with E-state index in [4.69, 9.17) is 0 Å². The van der Waals surface area contributed by atoms with E-state index in [0.29, 0.717) is 19.0 Å². The van der Waals surface area contributed by atoms with E-state index in [1.807, 2.05) is 35.2 Å². The standard InChI is InChI=1S/C16H22N2O3S/c19-16(17-12-13-6-7-13)15(14-4-2-1-3-5-14)18-8-10-22(20,21)11-9-18/h1-5,13,15H,6-12H2,(H,17,19). The summed E-state index contributed by atoms with van der Waals surface area (Å²) < 4.78 is 23.2. The van der Waals surface area contributed by atoms with Gasteiger partial charge in [-0.3, -0.25) is 9.69 Å². The first kappa shape index (κ1) is 15.5. The van der Waals surface area contributed by atoms with Crippen molar-refractivity contribution in [3.05, 3.63) is 35.9 Å². The molecule has 22 heavy (non-hydrogen) atoms. The highest BCUT2D eigenvalue weighted by molar-refractivity contribution is 7.91. The highest BCUT2D eigenvalue weighted by Crippen LogP contribution is 2.28. The van der Waals surface area contributed by atoms with E-state index in [0.717, 1.165) is 12.1 Å². The summed E-state index contributed by atoms with van der Waals surface area (Å²) in [6.45, 7) is 1.56. The molecule has 1 aromatic rings. The minimum Gasteiger partial charge on any atom is -0.354 e. The van der Waals surface area contributed by atoms with E-state index >= 15 is 0 Å². The molecule has 1 saturated heterocycles. The average molecular weight is 322 g/mol. The van der Waals surface area contributed by atoms with Crippen molar-refractivity contribution in [2.75, 3.05) is 31.1 Å². The minimum absolute atomic E-state index is 0.0163. The van der Waals surface area contributed by atoms with Gasteiger partial charge < -0.3 is 5.32 Å². The number of hydrogen-bond acceptors (Lipinski definition) is 4. The number of sulfone groups is 1. The molecule has 1 saturated carbocycles. The van der Waals surface area contributed by atoms with E-state index in [2.05, 4.69) is 5.32 Å². The van der Waals surface area contributed by atoms with Gasteiger partial charge >= 0.3 is 0 Å². The van der Waals surface area contributed by atoms with Gasteiger partial charge in [-0.15, -0.1) is 0 Å². The van der Waals surface area contributed by atoms with Gasteiger partial charge in [0.1, 0.15) is 6.04 Å². The molecule has 6 heteroatoms. The van der Waals surface area contributed by atoms with Crippen molar-refractivity contribution in [3.8, 4) is 0 Å². The van der Waals surface area contributed by atoms with Crippen molar-refractivity contribution < 1.29 is 13.2 Å². The SMILES string of the molecule is O=C(NCC1CC1)C(c1ccccc1)N1CCS(=O)(=O)CC1. The average Bonchev–Trinajstić information content (AvgIpc) is 3.32. The Hall–Kier alpha value is -1.40. The van der Waals surface area contributed by atoms with E-state index in [1.54, 1.807) is 0 Å². The first-order valence-electron chi connectivity index (χ1n) is 7.82. The van der Waals surface area contributed by atoms with E-state index < -0.39 is 15.9 Å². The van der Waals surface area contributed by atoms with E-state index in [1.165, 1.54) is 12.8 Å². The van der Waals surface area contributed by atoms with Crippen LogP contribution >= 0.6 is 0 Å². The molecule has 0 spiro atoms. The molecule has 120 valence electrons. The fraction of sp³-hybridized carbons (Fsp3) is 0.562. The fourth-order valence-electron chi connectivity index (χ4n) is 2.81. The third-order valence-electron chi connectivity index (χ3n) is 4.37. The van der Waals surface area contributed by atoms with Gasteiger partial charge in [0.2, 0.25) is 5.91 Å². The number of carbonyl (C=O) groups is 1. The quantitative estimate of drug-likeness (QED) is 0.878. The molecule has 2 aliphatic rings. The molecule has 1 N–H and O–H groups in total. The molecule has 1 atom stereocenters. The Morgan fingerprint density at radius 2 is 1.82 bits per heavy atom. The maximum absolute atomic E-state index is 12.6. The third kappa shape index (κ3) is 3.87. The maximum atomic E-state index is 12.6. The maximum Gasteiger partial charge on any atom is 0.241 e. The molecule has 5 nitrogen and oxygen atoms in total. The number of hydrogen-bond donors (Lipinski definition) is 1. The van der Waals surface area contributed by atoms with Gasteiger partial charge in [0.15, 0.2) is 9.84 Å². The second-order valence-corrected chi connectivity index (χ2v) is 8.49. The summed E-state index contributed by atoms with van der Waals surface area (Å²) >= 11 is 0. The van der Waals surface area contributed by atoms with Crippen LogP contribution in [0.15, 0.2) is 30.3 Å². The third-order valence-corrected chi connectivity index (χ3v) is 5.98. The van der Waals surface area contributed by atoms with Gasteiger partial charge in [-0.1, -0.05) is 30.3 Å². The van der Waals surface area contributed by atoms with Crippen molar-refractivity contribution in [3.63, 3.8) is 0 Å². The molecule has 1 heterocycles. The zero-order valence-electron chi connectivity index (χ0n) is 12.6. The van der Waals surface area contributed by atoms with Crippen molar-refractivity contribution in [1.29, 1.82) is 0 Å². The number of benzene rings is 1. The zero-order valence-corrected chi connectivity index (χ0v) is 13.4. The summed E-state index contributed by atoms with van der Waals surface area (Å²) in [5, 5.41) is 3.03. The summed E-state index contributed by atoms with van der Waals surface area (Å²) in [6, 6.07) is 9.22. The van der Waals surface area contributed by atoms with Gasteiger partial charge in [0, 0.05) is 19.6 Å². The Morgan fingerprint density at radius 3 is 2.41 bits per heavy atom. The predicted octanol–water partition coefficient (Wildman–Crippen LogP) is 0.984. The molecule has 2 fully saturated rings. The number of carbonyl (C=O) groups excluding carboxylic acids is 1. The van der Waals surface area contributed by atoms with Crippen molar-refractivity contribution >= 4 is 15.7 Å². The molecule has 1 amide bonds. The first-order chi connectivity index (χ1) is 10.6. The highest BCUT2D eigenvalue weighted by Gasteiger charge is 2.33. The van der Waals surface area contributed by atoms with Gasteiger partial charge in [-0.25, -0.2) is 8.42 Å². The van der Waals surface area contributed by atoms with Crippen LogP contribution in [0, 0.1) is 5.92 Å². The van der Waals surface area contributed by atoms with Gasteiger partial charge in [-0.2, -0.15) is 0 Å². The Bertz CT molecular complexity index is 612. The smallest absolute Gasteiger partial charge is 0.241 e. The van der Waals surface area contributed by atoms with E-state index in [-0.39, 0.29) is 17.4 Å². The summed E-state index contributed by atoms with van der Waals surface area (Å²) in [7, 11) is -2.95. The van der Waals surface area contributed by atoms with Crippen LogP contribution in [0.2, 0.25) is 0 Å². The topological polar surface area (TPSA) is 66.5 Å². The Kier molecular flexibility index (Phi) is 4.49. The monoisotopic (exact) mass is 322 g/mol. The lowest BCUT2D eigenvalue weighted by Gasteiger charge is -2.33. The summed E-state index contributed by atoms with van der Waals surface area (Å²) in [5.41, 5.74) is 0.926. The van der Waals surface area contributed by atoms with Crippen LogP contribution < -0.4 is 5.32 Å².